The number of aliphatic hydroxyl groups is 1. The minimum Gasteiger partial charge on any atom is -0.396 e. The summed E-state index contributed by atoms with van der Waals surface area (Å²) in [7, 11) is 0. The van der Waals surface area contributed by atoms with E-state index in [9.17, 15) is 4.79 Å². The fraction of sp³-hybridized carbons (Fsp3) is 0.412. The molecule has 0 radical (unpaired) electrons. The fourth-order valence-electron chi connectivity index (χ4n) is 2.51. The number of urea groups is 1. The van der Waals surface area contributed by atoms with Crippen LogP contribution in [0.15, 0.2) is 24.3 Å². The molecule has 0 spiro atoms. The average Bonchev–Trinajstić information content (AvgIpc) is 2.78. The number of carbonyl (C=O) groups excluding carboxylic acids is 1. The van der Waals surface area contributed by atoms with E-state index in [0.717, 1.165) is 11.4 Å². The predicted molar refractivity (Wildman–Crippen MR) is 91.1 cm³/mol. The van der Waals surface area contributed by atoms with Gasteiger partial charge in [-0.2, -0.15) is 0 Å². The molecule has 0 fully saturated rings. The fourth-order valence-corrected chi connectivity index (χ4v) is 2.51. The van der Waals surface area contributed by atoms with E-state index in [0.29, 0.717) is 12.2 Å². The van der Waals surface area contributed by atoms with Gasteiger partial charge in [0.1, 0.15) is 0 Å². The summed E-state index contributed by atoms with van der Waals surface area (Å²) in [5.74, 6) is 0.496. The van der Waals surface area contributed by atoms with Crippen LogP contribution in [0.4, 0.5) is 10.6 Å². The van der Waals surface area contributed by atoms with Crippen molar-refractivity contribution < 1.29 is 9.90 Å². The van der Waals surface area contributed by atoms with Crippen LogP contribution in [0.25, 0.3) is 5.69 Å². The highest BCUT2D eigenvalue weighted by atomic mass is 16.3. The first-order valence-corrected chi connectivity index (χ1v) is 7.72. The van der Waals surface area contributed by atoms with Crippen molar-refractivity contribution in [2.75, 3.05) is 11.9 Å². The molecule has 0 aliphatic heterocycles. The van der Waals surface area contributed by atoms with Crippen LogP contribution in [-0.2, 0) is 0 Å². The maximum Gasteiger partial charge on any atom is 0.320 e. The van der Waals surface area contributed by atoms with E-state index in [-0.39, 0.29) is 18.7 Å². The van der Waals surface area contributed by atoms with Gasteiger partial charge in [-0.25, -0.2) is 9.48 Å². The van der Waals surface area contributed by atoms with Gasteiger partial charge in [-0.3, -0.25) is 5.32 Å². The Morgan fingerprint density at radius 3 is 2.48 bits per heavy atom. The smallest absolute Gasteiger partial charge is 0.320 e. The Balaban J connectivity index is 2.13. The van der Waals surface area contributed by atoms with Crippen molar-refractivity contribution in [1.82, 2.24) is 15.1 Å². The van der Waals surface area contributed by atoms with Crippen LogP contribution in [-0.4, -0.2) is 33.6 Å². The molecule has 1 heterocycles. The quantitative estimate of drug-likeness (QED) is 0.793. The normalized spacial score (nSPS) is 12.0. The summed E-state index contributed by atoms with van der Waals surface area (Å²) in [4.78, 5) is 11.9. The summed E-state index contributed by atoms with van der Waals surface area (Å²) in [5.41, 5.74) is 4.25. The van der Waals surface area contributed by atoms with Gasteiger partial charge >= 0.3 is 6.03 Å². The van der Waals surface area contributed by atoms with Crippen molar-refractivity contribution in [2.45, 2.75) is 40.2 Å². The Morgan fingerprint density at radius 2 is 1.87 bits per heavy atom. The van der Waals surface area contributed by atoms with Gasteiger partial charge in [0.25, 0.3) is 0 Å². The Kier molecular flexibility index (Phi) is 5.39. The minimum atomic E-state index is -0.323. The monoisotopic (exact) mass is 316 g/mol. The van der Waals surface area contributed by atoms with Gasteiger partial charge in [0.2, 0.25) is 0 Å². The first kappa shape index (κ1) is 17.0. The maximum atomic E-state index is 11.9. The zero-order valence-corrected chi connectivity index (χ0v) is 14.1. The van der Waals surface area contributed by atoms with Crippen molar-refractivity contribution in [3.63, 3.8) is 0 Å². The van der Waals surface area contributed by atoms with Gasteiger partial charge in [0, 0.05) is 24.4 Å². The molecule has 0 bridgehead atoms. The topological polar surface area (TPSA) is 79.2 Å². The number of amides is 2. The summed E-state index contributed by atoms with van der Waals surface area (Å²) >= 11 is 0. The second-order valence-electron chi connectivity index (χ2n) is 5.94. The van der Waals surface area contributed by atoms with Crippen LogP contribution in [0.2, 0.25) is 0 Å². The third kappa shape index (κ3) is 4.56. The second-order valence-corrected chi connectivity index (χ2v) is 5.94. The van der Waals surface area contributed by atoms with Gasteiger partial charge < -0.3 is 10.4 Å². The number of benzene rings is 1. The van der Waals surface area contributed by atoms with Crippen LogP contribution in [0, 0.1) is 20.8 Å². The van der Waals surface area contributed by atoms with Crippen LogP contribution in [0.3, 0.4) is 0 Å². The molecular formula is C17H24N4O2. The zero-order chi connectivity index (χ0) is 17.0. The predicted octanol–water partition coefficient (Wildman–Crippen LogP) is 2.69. The molecule has 6 nitrogen and oxygen atoms in total. The molecule has 0 aliphatic rings. The third-order valence-corrected chi connectivity index (χ3v) is 3.52. The molecule has 23 heavy (non-hydrogen) atoms. The van der Waals surface area contributed by atoms with Crippen molar-refractivity contribution in [3.8, 4) is 5.69 Å². The molecule has 0 saturated heterocycles. The number of nitrogens with one attached hydrogen (secondary N) is 2. The van der Waals surface area contributed by atoms with Crippen LogP contribution >= 0.6 is 0 Å². The number of aryl methyl sites for hydroxylation is 3. The van der Waals surface area contributed by atoms with E-state index in [1.807, 2.05) is 38.4 Å². The molecule has 2 amide bonds. The molecule has 1 unspecified atom stereocenters. The van der Waals surface area contributed by atoms with Crippen molar-refractivity contribution in [3.05, 3.63) is 41.1 Å². The number of carbonyl (C=O) groups is 1. The summed E-state index contributed by atoms with van der Waals surface area (Å²) in [5, 5.41) is 18.8. The van der Waals surface area contributed by atoms with E-state index in [2.05, 4.69) is 33.9 Å². The van der Waals surface area contributed by atoms with Crippen LogP contribution in [0.5, 0.6) is 0 Å². The van der Waals surface area contributed by atoms with Crippen molar-refractivity contribution >= 4 is 11.8 Å². The lowest BCUT2D eigenvalue weighted by Crippen LogP contribution is -2.36. The molecule has 1 aromatic carbocycles. The van der Waals surface area contributed by atoms with Crippen LogP contribution in [0.1, 0.15) is 30.2 Å². The lowest BCUT2D eigenvalue weighted by atomic mass is 10.1. The highest BCUT2D eigenvalue weighted by Crippen LogP contribution is 2.18. The Labute approximate surface area is 136 Å². The summed E-state index contributed by atoms with van der Waals surface area (Å²) in [6.45, 7) is 7.92. The number of nitrogens with zero attached hydrogens (tertiary/aromatic N) is 2. The number of rotatable bonds is 5. The van der Waals surface area contributed by atoms with E-state index >= 15 is 0 Å². The van der Waals surface area contributed by atoms with E-state index < -0.39 is 0 Å². The molecule has 2 aromatic rings. The maximum absolute atomic E-state index is 11.9. The molecule has 2 rings (SSSR count). The average molecular weight is 316 g/mol. The molecule has 6 heteroatoms. The van der Waals surface area contributed by atoms with Crippen LogP contribution < -0.4 is 10.6 Å². The van der Waals surface area contributed by atoms with Crippen molar-refractivity contribution in [2.24, 2.45) is 0 Å². The number of anilines is 1. The minimum absolute atomic E-state index is 0.0435. The number of hydrogen-bond donors (Lipinski definition) is 3. The summed E-state index contributed by atoms with van der Waals surface area (Å²) < 4.78 is 1.81. The molecule has 3 N–H and O–H groups in total. The summed E-state index contributed by atoms with van der Waals surface area (Å²) in [6.07, 6.45) is 0.517. The van der Waals surface area contributed by atoms with Gasteiger partial charge in [0.05, 0.1) is 5.69 Å². The zero-order valence-electron chi connectivity index (χ0n) is 14.1. The largest absolute Gasteiger partial charge is 0.396 e. The molecule has 124 valence electrons. The number of aliphatic hydroxyl groups excluding tert-OH is 1. The molecule has 1 aromatic heterocycles. The van der Waals surface area contributed by atoms with Gasteiger partial charge in [-0.05, 0) is 57.4 Å². The van der Waals surface area contributed by atoms with Gasteiger partial charge in [0.15, 0.2) is 5.82 Å². The Bertz CT molecular complexity index is 674. The standard InChI is InChI=1S/C17H24N4O2/c1-11-7-12(2)9-15(8-11)21-14(4)10-16(20-21)19-17(23)18-13(3)5-6-22/h7-10,13,22H,5-6H2,1-4H3,(H2,18,19,20,23). The number of hydrogen-bond acceptors (Lipinski definition) is 3. The third-order valence-electron chi connectivity index (χ3n) is 3.52. The molecule has 1 atom stereocenters. The molecular weight excluding hydrogens is 292 g/mol. The lowest BCUT2D eigenvalue weighted by molar-refractivity contribution is 0.241. The van der Waals surface area contributed by atoms with Crippen molar-refractivity contribution in [1.29, 1.82) is 0 Å². The molecule has 0 aliphatic carbocycles. The van der Waals surface area contributed by atoms with Gasteiger partial charge in [-0.1, -0.05) is 6.07 Å². The Morgan fingerprint density at radius 1 is 1.22 bits per heavy atom. The SMILES string of the molecule is Cc1cc(C)cc(-n2nc(NC(=O)NC(C)CCO)cc2C)c1. The first-order valence-electron chi connectivity index (χ1n) is 7.72. The van der Waals surface area contributed by atoms with Gasteiger partial charge in [-0.15, -0.1) is 5.10 Å². The molecule has 0 saturated carbocycles. The van der Waals surface area contributed by atoms with E-state index in [1.165, 1.54) is 11.1 Å². The Hall–Kier alpha value is -2.34. The van der Waals surface area contributed by atoms with E-state index in [4.69, 9.17) is 5.11 Å². The first-order chi connectivity index (χ1) is 10.9. The number of aromatic nitrogens is 2. The highest BCUT2D eigenvalue weighted by molar-refractivity contribution is 5.88. The van der Waals surface area contributed by atoms with E-state index in [1.54, 1.807) is 0 Å². The second kappa shape index (κ2) is 7.28. The highest BCUT2D eigenvalue weighted by Gasteiger charge is 2.11. The lowest BCUT2D eigenvalue weighted by Gasteiger charge is -2.12. The summed E-state index contributed by atoms with van der Waals surface area (Å²) in [6, 6.07) is 7.63.